The summed E-state index contributed by atoms with van der Waals surface area (Å²) >= 11 is 1.92. The molecule has 0 radical (unpaired) electrons. The number of hydrogen-bond acceptors (Lipinski definition) is 2. The predicted octanol–water partition coefficient (Wildman–Crippen LogP) is 4.84. The molecule has 2 aromatic rings. The smallest absolute Gasteiger partial charge is 0.0334 e. The van der Waals surface area contributed by atoms with Crippen LogP contribution in [0.4, 0.5) is 0 Å². The quantitative estimate of drug-likeness (QED) is 0.851. The Labute approximate surface area is 126 Å². The van der Waals surface area contributed by atoms with Crippen LogP contribution in [0.1, 0.15) is 51.6 Å². The minimum atomic E-state index is 0.546. The van der Waals surface area contributed by atoms with E-state index in [-0.39, 0.29) is 0 Å². The lowest BCUT2D eigenvalue weighted by atomic mass is 9.93. The van der Waals surface area contributed by atoms with Crippen LogP contribution in [0.3, 0.4) is 0 Å². The zero-order valence-electron chi connectivity index (χ0n) is 12.6. The molecule has 1 atom stereocenters. The third kappa shape index (κ3) is 2.68. The van der Waals surface area contributed by atoms with Crippen LogP contribution in [0.15, 0.2) is 23.6 Å². The minimum Gasteiger partial charge on any atom is -0.306 e. The Morgan fingerprint density at radius 3 is 2.70 bits per heavy atom. The molecule has 1 aromatic carbocycles. The number of aryl methyl sites for hydroxylation is 4. The lowest BCUT2D eigenvalue weighted by Gasteiger charge is -2.24. The summed E-state index contributed by atoms with van der Waals surface area (Å²) in [6, 6.07) is 7.44. The fraction of sp³-hybridized carbons (Fsp3) is 0.444. The van der Waals surface area contributed by atoms with Gasteiger partial charge in [0.05, 0.1) is 0 Å². The van der Waals surface area contributed by atoms with Gasteiger partial charge in [-0.05, 0) is 73.7 Å². The van der Waals surface area contributed by atoms with Gasteiger partial charge < -0.3 is 5.32 Å². The third-order valence-electron chi connectivity index (χ3n) is 4.42. The first-order valence-corrected chi connectivity index (χ1v) is 8.39. The van der Waals surface area contributed by atoms with Crippen LogP contribution in [-0.2, 0) is 13.0 Å². The molecule has 20 heavy (non-hydrogen) atoms. The Balaban J connectivity index is 1.76. The molecule has 1 unspecified atom stereocenters. The summed E-state index contributed by atoms with van der Waals surface area (Å²) < 4.78 is 0. The molecule has 0 amide bonds. The second kappa shape index (κ2) is 5.71. The Hall–Kier alpha value is -1.12. The van der Waals surface area contributed by atoms with Crippen molar-refractivity contribution in [3.8, 4) is 0 Å². The van der Waals surface area contributed by atoms with Crippen LogP contribution < -0.4 is 5.32 Å². The van der Waals surface area contributed by atoms with E-state index in [4.69, 9.17) is 0 Å². The van der Waals surface area contributed by atoms with Gasteiger partial charge in [-0.25, -0.2) is 0 Å². The van der Waals surface area contributed by atoms with Crippen LogP contribution in [0.5, 0.6) is 0 Å². The second-order valence-corrected chi connectivity index (χ2v) is 7.00. The lowest BCUT2D eigenvalue weighted by Crippen LogP contribution is -2.24. The van der Waals surface area contributed by atoms with Crippen molar-refractivity contribution in [2.75, 3.05) is 0 Å². The molecule has 0 spiro atoms. The lowest BCUT2D eigenvalue weighted by molar-refractivity contribution is 0.462. The molecule has 3 rings (SSSR count). The number of nitrogens with one attached hydrogen (secondary N) is 1. The van der Waals surface area contributed by atoms with Gasteiger partial charge in [-0.1, -0.05) is 17.7 Å². The van der Waals surface area contributed by atoms with Crippen LogP contribution in [0.25, 0.3) is 0 Å². The average Bonchev–Trinajstić information content (AvgIpc) is 2.86. The zero-order chi connectivity index (χ0) is 14.1. The normalized spacial score (nSPS) is 18.1. The van der Waals surface area contributed by atoms with Gasteiger partial charge in [-0.2, -0.15) is 0 Å². The number of fused-ring (bicyclic) bond motifs is 1. The molecule has 1 aliphatic rings. The van der Waals surface area contributed by atoms with E-state index in [9.17, 15) is 0 Å². The van der Waals surface area contributed by atoms with Crippen LogP contribution in [-0.4, -0.2) is 0 Å². The maximum atomic E-state index is 3.79. The fourth-order valence-electron chi connectivity index (χ4n) is 3.41. The molecule has 1 nitrogen and oxygen atoms in total. The van der Waals surface area contributed by atoms with Gasteiger partial charge in [0.25, 0.3) is 0 Å². The summed E-state index contributed by atoms with van der Waals surface area (Å²) in [4.78, 5) is 1.59. The van der Waals surface area contributed by atoms with Gasteiger partial charge in [0, 0.05) is 17.5 Å². The number of hydrogen-bond donors (Lipinski definition) is 1. The summed E-state index contributed by atoms with van der Waals surface area (Å²) in [6.45, 7) is 7.62. The number of benzene rings is 1. The fourth-order valence-corrected chi connectivity index (χ4v) is 4.40. The average molecular weight is 285 g/mol. The molecule has 1 aromatic heterocycles. The van der Waals surface area contributed by atoms with E-state index in [0.29, 0.717) is 6.04 Å². The Morgan fingerprint density at radius 1 is 1.20 bits per heavy atom. The van der Waals surface area contributed by atoms with E-state index in [2.05, 4.69) is 49.7 Å². The molecular weight excluding hydrogens is 262 g/mol. The van der Waals surface area contributed by atoms with Crippen LogP contribution >= 0.6 is 11.3 Å². The van der Waals surface area contributed by atoms with E-state index in [0.717, 1.165) is 6.54 Å². The molecule has 1 N–H and O–H groups in total. The molecule has 1 aliphatic carbocycles. The molecule has 106 valence electrons. The molecule has 0 saturated heterocycles. The molecule has 0 fully saturated rings. The highest BCUT2D eigenvalue weighted by molar-refractivity contribution is 7.10. The maximum Gasteiger partial charge on any atom is 0.0334 e. The van der Waals surface area contributed by atoms with Crippen molar-refractivity contribution in [1.29, 1.82) is 0 Å². The van der Waals surface area contributed by atoms with Gasteiger partial charge in [0.2, 0.25) is 0 Å². The van der Waals surface area contributed by atoms with Crippen molar-refractivity contribution in [1.82, 2.24) is 5.32 Å². The first kappa shape index (κ1) is 13.8. The van der Waals surface area contributed by atoms with E-state index in [1.807, 2.05) is 11.3 Å². The number of thiophene rings is 1. The van der Waals surface area contributed by atoms with Crippen molar-refractivity contribution in [3.05, 3.63) is 56.3 Å². The summed E-state index contributed by atoms with van der Waals surface area (Å²) in [5.74, 6) is 0. The van der Waals surface area contributed by atoms with Gasteiger partial charge in [-0.15, -0.1) is 11.3 Å². The van der Waals surface area contributed by atoms with Crippen molar-refractivity contribution in [2.24, 2.45) is 0 Å². The Bertz CT molecular complexity index is 589. The monoisotopic (exact) mass is 285 g/mol. The minimum absolute atomic E-state index is 0.546. The maximum absolute atomic E-state index is 3.79. The second-order valence-electron chi connectivity index (χ2n) is 6.00. The third-order valence-corrected chi connectivity index (χ3v) is 5.41. The highest BCUT2D eigenvalue weighted by Crippen LogP contribution is 2.33. The van der Waals surface area contributed by atoms with Crippen LogP contribution in [0.2, 0.25) is 0 Å². The molecule has 1 heterocycles. The SMILES string of the molecule is Cc1cc(C)c(CNC2CCCc3sccc32)c(C)c1. The first-order chi connectivity index (χ1) is 9.65. The Morgan fingerprint density at radius 2 is 1.95 bits per heavy atom. The van der Waals surface area contributed by atoms with Crippen molar-refractivity contribution in [3.63, 3.8) is 0 Å². The zero-order valence-corrected chi connectivity index (χ0v) is 13.4. The summed E-state index contributed by atoms with van der Waals surface area (Å²) in [6.07, 6.45) is 3.86. The highest BCUT2D eigenvalue weighted by atomic mass is 32.1. The largest absolute Gasteiger partial charge is 0.306 e. The van der Waals surface area contributed by atoms with E-state index < -0.39 is 0 Å². The number of rotatable bonds is 3. The highest BCUT2D eigenvalue weighted by Gasteiger charge is 2.20. The standard InChI is InChI=1S/C18H23NS/c1-12-9-13(2)16(14(3)10-12)11-19-17-5-4-6-18-15(17)7-8-20-18/h7-10,17,19H,4-6,11H2,1-3H3. The van der Waals surface area contributed by atoms with Crippen molar-refractivity contribution < 1.29 is 0 Å². The predicted molar refractivity (Wildman–Crippen MR) is 87.5 cm³/mol. The summed E-state index contributed by atoms with van der Waals surface area (Å²) in [5.41, 5.74) is 7.20. The molecule has 0 bridgehead atoms. The van der Waals surface area contributed by atoms with Gasteiger partial charge in [0.1, 0.15) is 0 Å². The topological polar surface area (TPSA) is 12.0 Å². The van der Waals surface area contributed by atoms with E-state index >= 15 is 0 Å². The molecule has 0 aliphatic heterocycles. The van der Waals surface area contributed by atoms with Crippen molar-refractivity contribution >= 4 is 11.3 Å². The van der Waals surface area contributed by atoms with E-state index in [1.165, 1.54) is 41.5 Å². The van der Waals surface area contributed by atoms with Gasteiger partial charge in [-0.3, -0.25) is 0 Å². The molecule has 2 heteroatoms. The van der Waals surface area contributed by atoms with Crippen LogP contribution in [0, 0.1) is 20.8 Å². The Kier molecular flexibility index (Phi) is 3.95. The van der Waals surface area contributed by atoms with E-state index in [1.54, 1.807) is 10.4 Å². The summed E-state index contributed by atoms with van der Waals surface area (Å²) in [5, 5.41) is 6.03. The van der Waals surface area contributed by atoms with Gasteiger partial charge in [0.15, 0.2) is 0 Å². The molecular formula is C18H23NS. The first-order valence-electron chi connectivity index (χ1n) is 7.51. The summed E-state index contributed by atoms with van der Waals surface area (Å²) in [7, 11) is 0. The molecule has 0 saturated carbocycles. The van der Waals surface area contributed by atoms with Gasteiger partial charge >= 0.3 is 0 Å². The van der Waals surface area contributed by atoms with Crippen molar-refractivity contribution in [2.45, 2.75) is 52.6 Å².